The lowest BCUT2D eigenvalue weighted by Crippen LogP contribution is -2.45. The van der Waals surface area contributed by atoms with E-state index in [1.54, 1.807) is 12.1 Å². The first-order valence-electron chi connectivity index (χ1n) is 6.15. The second kappa shape index (κ2) is 6.95. The molecule has 1 aromatic rings. The normalized spacial score (nSPS) is 33.4. The molecule has 1 aliphatic heterocycles. The molecule has 0 amide bonds. The maximum absolute atomic E-state index is 10.6. The largest absolute Gasteiger partial charge is 0.389 e. The van der Waals surface area contributed by atoms with E-state index in [0.29, 0.717) is 4.90 Å². The minimum absolute atomic E-state index is 0.0284. The van der Waals surface area contributed by atoms with Gasteiger partial charge >= 0.3 is 0 Å². The van der Waals surface area contributed by atoms with Crippen molar-refractivity contribution in [3.63, 3.8) is 0 Å². The third kappa shape index (κ3) is 3.87. The highest BCUT2D eigenvalue weighted by atomic mass is 32.2. The molecule has 0 radical (unpaired) electrons. The Labute approximate surface area is 129 Å². The maximum atomic E-state index is 10.6. The molecular weight excluding hydrogens is 318 g/mol. The molecule has 7 nitrogen and oxygen atoms in total. The molecular formula is C12H15NO6S2. The fourth-order valence-corrected chi connectivity index (χ4v) is 4.51. The van der Waals surface area contributed by atoms with Crippen LogP contribution >= 0.6 is 23.5 Å². The van der Waals surface area contributed by atoms with Gasteiger partial charge in [0.1, 0.15) is 18.3 Å². The van der Waals surface area contributed by atoms with Crippen molar-refractivity contribution in [2.75, 3.05) is 5.75 Å². The van der Waals surface area contributed by atoms with Gasteiger partial charge in [-0.15, -0.1) is 23.5 Å². The standard InChI is InChI=1S/C12H15NO6S2/c14-8-5-20-12(11(17)10(16)9(8)15)21-7-3-1-6(2-4-7)13(18)19/h1-4,8-12,14-17H,5H2/t8-,9+,10-,11+,12+/m0/s1. The van der Waals surface area contributed by atoms with E-state index < -0.39 is 33.9 Å². The predicted molar refractivity (Wildman–Crippen MR) is 79.2 cm³/mol. The third-order valence-corrected chi connectivity index (χ3v) is 6.00. The van der Waals surface area contributed by atoms with Crippen LogP contribution in [0, 0.1) is 10.1 Å². The van der Waals surface area contributed by atoms with Crippen molar-refractivity contribution in [2.24, 2.45) is 0 Å². The van der Waals surface area contributed by atoms with Gasteiger partial charge in [0.15, 0.2) is 0 Å². The van der Waals surface area contributed by atoms with Crippen LogP contribution in [0.4, 0.5) is 5.69 Å². The average molecular weight is 333 g/mol. The molecule has 2 rings (SSSR count). The summed E-state index contributed by atoms with van der Waals surface area (Å²) in [5.41, 5.74) is -0.0284. The first-order chi connectivity index (χ1) is 9.90. The number of aliphatic hydroxyl groups excluding tert-OH is 4. The van der Waals surface area contributed by atoms with Crippen molar-refractivity contribution in [2.45, 2.75) is 33.9 Å². The number of benzene rings is 1. The Balaban J connectivity index is 2.09. The Bertz CT molecular complexity index is 499. The summed E-state index contributed by atoms with van der Waals surface area (Å²) in [6, 6.07) is 5.83. The number of nitrogens with zero attached hydrogens (tertiary/aromatic N) is 1. The van der Waals surface area contributed by atoms with Gasteiger partial charge in [0.2, 0.25) is 0 Å². The van der Waals surface area contributed by atoms with Crippen molar-refractivity contribution in [1.29, 1.82) is 0 Å². The van der Waals surface area contributed by atoms with E-state index >= 15 is 0 Å². The number of non-ortho nitro benzene ring substituents is 1. The van der Waals surface area contributed by atoms with Gasteiger partial charge in [-0.1, -0.05) is 0 Å². The van der Waals surface area contributed by atoms with Crippen LogP contribution < -0.4 is 0 Å². The van der Waals surface area contributed by atoms with Gasteiger partial charge in [0, 0.05) is 22.8 Å². The Hall–Kier alpha value is -0.840. The highest BCUT2D eigenvalue weighted by Gasteiger charge is 2.39. The second-order valence-corrected chi connectivity index (χ2v) is 7.30. The third-order valence-electron chi connectivity index (χ3n) is 3.10. The summed E-state index contributed by atoms with van der Waals surface area (Å²) in [6.07, 6.45) is -5.16. The smallest absolute Gasteiger partial charge is 0.269 e. The summed E-state index contributed by atoms with van der Waals surface area (Å²) in [4.78, 5) is 10.8. The molecule has 1 aliphatic rings. The minimum Gasteiger partial charge on any atom is -0.389 e. The first-order valence-corrected chi connectivity index (χ1v) is 8.08. The van der Waals surface area contributed by atoms with E-state index in [0.717, 1.165) is 0 Å². The lowest BCUT2D eigenvalue weighted by atomic mass is 10.1. The molecule has 0 unspecified atom stereocenters. The SMILES string of the molecule is O=[N+]([O-])c1ccc(S[C@H]2SC[C@H](O)[C@@H](O)[C@H](O)[C@H]2O)cc1. The number of hydrogen-bond donors (Lipinski definition) is 4. The van der Waals surface area contributed by atoms with Crippen LogP contribution in [0.5, 0.6) is 0 Å². The number of thioether (sulfide) groups is 2. The monoisotopic (exact) mass is 333 g/mol. The summed E-state index contributed by atoms with van der Waals surface area (Å²) in [5, 5.41) is 49.6. The highest BCUT2D eigenvalue weighted by Crippen LogP contribution is 2.38. The molecule has 1 heterocycles. The zero-order valence-corrected chi connectivity index (χ0v) is 12.4. The molecule has 0 aromatic heterocycles. The molecule has 5 atom stereocenters. The maximum Gasteiger partial charge on any atom is 0.269 e. The molecule has 0 aliphatic carbocycles. The summed E-state index contributed by atoms with van der Waals surface area (Å²) >= 11 is 2.44. The quantitative estimate of drug-likeness (QED) is 0.457. The van der Waals surface area contributed by atoms with Crippen LogP contribution in [-0.2, 0) is 0 Å². The number of rotatable bonds is 3. The Kier molecular flexibility index (Phi) is 5.47. The van der Waals surface area contributed by atoms with E-state index in [9.17, 15) is 30.5 Å². The molecule has 21 heavy (non-hydrogen) atoms. The zero-order chi connectivity index (χ0) is 15.6. The number of nitro groups is 1. The van der Waals surface area contributed by atoms with E-state index in [4.69, 9.17) is 0 Å². The van der Waals surface area contributed by atoms with E-state index in [2.05, 4.69) is 0 Å². The minimum atomic E-state index is -1.44. The average Bonchev–Trinajstić information content (AvgIpc) is 2.56. The van der Waals surface area contributed by atoms with Gasteiger partial charge in [-0.2, -0.15) is 0 Å². The Morgan fingerprint density at radius 1 is 1.10 bits per heavy atom. The van der Waals surface area contributed by atoms with Crippen LogP contribution in [0.3, 0.4) is 0 Å². The highest BCUT2D eigenvalue weighted by molar-refractivity contribution is 8.17. The second-order valence-electron chi connectivity index (χ2n) is 4.61. The molecule has 116 valence electrons. The van der Waals surface area contributed by atoms with Crippen molar-refractivity contribution in [3.8, 4) is 0 Å². The molecule has 0 saturated carbocycles. The van der Waals surface area contributed by atoms with Crippen LogP contribution in [-0.4, -0.2) is 60.1 Å². The van der Waals surface area contributed by atoms with Gasteiger partial charge in [-0.05, 0) is 12.1 Å². The molecule has 0 spiro atoms. The molecule has 1 aromatic carbocycles. The predicted octanol–water partition coefficient (Wildman–Crippen LogP) is 0.203. The van der Waals surface area contributed by atoms with Crippen LogP contribution in [0.25, 0.3) is 0 Å². The van der Waals surface area contributed by atoms with Gasteiger partial charge in [-0.3, -0.25) is 10.1 Å². The first kappa shape index (κ1) is 16.5. The molecule has 4 N–H and O–H groups in total. The number of hydrogen-bond acceptors (Lipinski definition) is 8. The lowest BCUT2D eigenvalue weighted by molar-refractivity contribution is -0.384. The van der Waals surface area contributed by atoms with Crippen LogP contribution in [0.15, 0.2) is 29.2 Å². The summed E-state index contributed by atoms with van der Waals surface area (Å²) < 4.78 is -0.492. The zero-order valence-electron chi connectivity index (χ0n) is 10.8. The summed E-state index contributed by atoms with van der Waals surface area (Å²) in [5.74, 6) is 0.180. The fraction of sp³-hybridized carbons (Fsp3) is 0.500. The number of nitro benzene ring substituents is 1. The van der Waals surface area contributed by atoms with Crippen molar-refractivity contribution in [3.05, 3.63) is 34.4 Å². The van der Waals surface area contributed by atoms with Crippen LogP contribution in [0.2, 0.25) is 0 Å². The lowest BCUT2D eigenvalue weighted by Gasteiger charge is -2.25. The van der Waals surface area contributed by atoms with Gasteiger partial charge in [-0.25, -0.2) is 0 Å². The molecule has 1 saturated heterocycles. The molecule has 0 bridgehead atoms. The fourth-order valence-electron chi connectivity index (χ4n) is 1.87. The van der Waals surface area contributed by atoms with Crippen molar-refractivity contribution in [1.82, 2.24) is 0 Å². The van der Waals surface area contributed by atoms with E-state index in [1.165, 1.54) is 35.7 Å². The molecule has 1 fully saturated rings. The van der Waals surface area contributed by atoms with Gasteiger partial charge in [0.25, 0.3) is 5.69 Å². The summed E-state index contributed by atoms with van der Waals surface area (Å²) in [7, 11) is 0. The number of aliphatic hydroxyl groups is 4. The summed E-state index contributed by atoms with van der Waals surface area (Å²) in [6.45, 7) is 0. The Morgan fingerprint density at radius 2 is 1.71 bits per heavy atom. The van der Waals surface area contributed by atoms with Gasteiger partial charge < -0.3 is 20.4 Å². The van der Waals surface area contributed by atoms with Crippen molar-refractivity contribution < 1.29 is 25.3 Å². The molecule has 9 heteroatoms. The topological polar surface area (TPSA) is 124 Å². The Morgan fingerprint density at radius 3 is 2.29 bits per heavy atom. The van der Waals surface area contributed by atoms with E-state index in [-0.39, 0.29) is 11.4 Å². The van der Waals surface area contributed by atoms with Crippen molar-refractivity contribution >= 4 is 29.2 Å². The van der Waals surface area contributed by atoms with E-state index in [1.807, 2.05) is 0 Å². The van der Waals surface area contributed by atoms with Crippen LogP contribution in [0.1, 0.15) is 0 Å². The van der Waals surface area contributed by atoms with Gasteiger partial charge in [0.05, 0.1) is 15.6 Å².